The number of carbonyl (C=O) groups is 1. The predicted molar refractivity (Wildman–Crippen MR) is 74.4 cm³/mol. The van der Waals surface area contributed by atoms with E-state index in [0.29, 0.717) is 18.2 Å². The second kappa shape index (κ2) is 8.64. The molecule has 19 heavy (non-hydrogen) atoms. The Morgan fingerprint density at radius 1 is 1.32 bits per heavy atom. The lowest BCUT2D eigenvalue weighted by Gasteiger charge is -2.15. The van der Waals surface area contributed by atoms with Crippen LogP contribution in [0.1, 0.15) is 25.3 Å². The van der Waals surface area contributed by atoms with Crippen LogP contribution in [-0.4, -0.2) is 30.2 Å². The van der Waals surface area contributed by atoms with E-state index in [0.717, 1.165) is 30.6 Å². The van der Waals surface area contributed by atoms with Gasteiger partial charge in [0, 0.05) is 11.4 Å². The van der Waals surface area contributed by atoms with Gasteiger partial charge in [-0.15, -0.1) is 11.6 Å². The minimum atomic E-state index is -0.990. The number of carboxylic acid groups (broad SMARTS) is 1. The second-order valence-electron chi connectivity index (χ2n) is 4.06. The summed E-state index contributed by atoms with van der Waals surface area (Å²) in [6, 6.07) is 5.43. The third-order valence-corrected chi connectivity index (χ3v) is 2.74. The van der Waals surface area contributed by atoms with Crippen LogP contribution in [0.3, 0.4) is 0 Å². The van der Waals surface area contributed by atoms with Gasteiger partial charge in [-0.05, 0) is 25.0 Å². The van der Waals surface area contributed by atoms with Crippen molar-refractivity contribution in [2.24, 2.45) is 0 Å². The summed E-state index contributed by atoms with van der Waals surface area (Å²) in [5, 5.41) is 8.67. The Morgan fingerprint density at radius 2 is 2.00 bits per heavy atom. The van der Waals surface area contributed by atoms with Gasteiger partial charge in [0.1, 0.15) is 11.5 Å². The van der Waals surface area contributed by atoms with Gasteiger partial charge in [-0.2, -0.15) is 0 Å². The van der Waals surface area contributed by atoms with E-state index < -0.39 is 5.97 Å². The molecule has 0 atom stereocenters. The summed E-state index contributed by atoms with van der Waals surface area (Å²) in [4.78, 5) is 10.6. The molecule has 0 fully saturated rings. The molecule has 0 aliphatic rings. The van der Waals surface area contributed by atoms with Crippen LogP contribution in [-0.2, 0) is 11.2 Å². The van der Waals surface area contributed by atoms with Crippen molar-refractivity contribution < 1.29 is 19.4 Å². The van der Waals surface area contributed by atoms with Crippen molar-refractivity contribution in [3.8, 4) is 11.5 Å². The van der Waals surface area contributed by atoms with E-state index in [-0.39, 0.29) is 6.61 Å². The fourth-order valence-electron chi connectivity index (χ4n) is 1.69. The molecule has 0 radical (unpaired) electrons. The van der Waals surface area contributed by atoms with Crippen molar-refractivity contribution in [1.29, 1.82) is 0 Å². The standard InChI is InChI=1S/C14H19ClO4/c1-2-5-11-12(18-9-4-8-15)6-3-7-13(11)19-10-14(16)17/h3,6-7H,2,4-5,8-10H2,1H3,(H,16,17). The lowest BCUT2D eigenvalue weighted by Crippen LogP contribution is -2.11. The Labute approximate surface area is 118 Å². The van der Waals surface area contributed by atoms with Gasteiger partial charge in [-0.1, -0.05) is 19.4 Å². The molecule has 0 bridgehead atoms. The van der Waals surface area contributed by atoms with E-state index >= 15 is 0 Å². The first-order valence-electron chi connectivity index (χ1n) is 6.34. The highest BCUT2D eigenvalue weighted by Crippen LogP contribution is 2.30. The zero-order valence-electron chi connectivity index (χ0n) is 11.0. The van der Waals surface area contributed by atoms with E-state index in [4.69, 9.17) is 26.2 Å². The number of alkyl halides is 1. The average molecular weight is 287 g/mol. The maximum absolute atomic E-state index is 10.6. The molecule has 1 rings (SSSR count). The third-order valence-electron chi connectivity index (χ3n) is 2.48. The molecule has 0 amide bonds. The maximum Gasteiger partial charge on any atom is 0.341 e. The Morgan fingerprint density at radius 3 is 2.58 bits per heavy atom. The molecular weight excluding hydrogens is 268 g/mol. The fraction of sp³-hybridized carbons (Fsp3) is 0.500. The smallest absolute Gasteiger partial charge is 0.341 e. The van der Waals surface area contributed by atoms with Gasteiger partial charge in [0.05, 0.1) is 6.61 Å². The van der Waals surface area contributed by atoms with Crippen LogP contribution in [0.2, 0.25) is 0 Å². The zero-order valence-corrected chi connectivity index (χ0v) is 11.8. The number of halogens is 1. The Bertz CT molecular complexity index is 406. The molecule has 0 unspecified atom stereocenters. The van der Waals surface area contributed by atoms with Crippen LogP contribution in [0, 0.1) is 0 Å². The molecule has 1 aromatic carbocycles. The van der Waals surface area contributed by atoms with Crippen molar-refractivity contribution in [1.82, 2.24) is 0 Å². The molecule has 0 heterocycles. The number of carboxylic acids is 1. The molecule has 0 aliphatic heterocycles. The number of benzene rings is 1. The monoisotopic (exact) mass is 286 g/mol. The van der Waals surface area contributed by atoms with E-state index in [1.807, 2.05) is 6.07 Å². The predicted octanol–water partition coefficient (Wildman–Crippen LogP) is 3.11. The largest absolute Gasteiger partial charge is 0.493 e. The van der Waals surface area contributed by atoms with E-state index in [1.54, 1.807) is 12.1 Å². The molecule has 106 valence electrons. The van der Waals surface area contributed by atoms with Crippen LogP contribution in [0.4, 0.5) is 0 Å². The van der Waals surface area contributed by atoms with Crippen molar-refractivity contribution in [3.63, 3.8) is 0 Å². The number of hydrogen-bond acceptors (Lipinski definition) is 3. The number of rotatable bonds is 9. The summed E-state index contributed by atoms with van der Waals surface area (Å²) in [5.41, 5.74) is 0.917. The quantitative estimate of drug-likeness (QED) is 0.560. The number of hydrogen-bond donors (Lipinski definition) is 1. The van der Waals surface area contributed by atoms with Gasteiger partial charge in [0.2, 0.25) is 0 Å². The minimum absolute atomic E-state index is 0.345. The number of aliphatic carboxylic acids is 1. The lowest BCUT2D eigenvalue weighted by molar-refractivity contribution is -0.139. The van der Waals surface area contributed by atoms with Gasteiger partial charge < -0.3 is 14.6 Å². The first-order chi connectivity index (χ1) is 9.19. The van der Waals surface area contributed by atoms with Crippen LogP contribution >= 0.6 is 11.6 Å². The normalized spacial score (nSPS) is 10.2. The van der Waals surface area contributed by atoms with E-state index in [1.165, 1.54) is 0 Å². The van der Waals surface area contributed by atoms with Gasteiger partial charge >= 0.3 is 5.97 Å². The topological polar surface area (TPSA) is 55.8 Å². The van der Waals surface area contributed by atoms with Gasteiger partial charge in [0.15, 0.2) is 6.61 Å². The summed E-state index contributed by atoms with van der Waals surface area (Å²) >= 11 is 5.61. The molecule has 1 aromatic rings. The highest BCUT2D eigenvalue weighted by atomic mass is 35.5. The zero-order chi connectivity index (χ0) is 14.1. The van der Waals surface area contributed by atoms with Crippen LogP contribution in [0.25, 0.3) is 0 Å². The molecule has 0 aliphatic carbocycles. The van der Waals surface area contributed by atoms with Crippen LogP contribution < -0.4 is 9.47 Å². The average Bonchev–Trinajstić information content (AvgIpc) is 2.39. The Kier molecular flexibility index (Phi) is 7.11. The molecule has 0 spiro atoms. The van der Waals surface area contributed by atoms with Crippen molar-refractivity contribution in [2.45, 2.75) is 26.2 Å². The first-order valence-corrected chi connectivity index (χ1v) is 6.87. The molecule has 4 nitrogen and oxygen atoms in total. The molecule has 0 saturated heterocycles. The highest BCUT2D eigenvalue weighted by Gasteiger charge is 2.11. The van der Waals surface area contributed by atoms with Gasteiger partial charge in [-0.3, -0.25) is 0 Å². The lowest BCUT2D eigenvalue weighted by atomic mass is 10.1. The van der Waals surface area contributed by atoms with E-state index in [9.17, 15) is 4.79 Å². The van der Waals surface area contributed by atoms with Crippen LogP contribution in [0.5, 0.6) is 11.5 Å². The van der Waals surface area contributed by atoms with Crippen molar-refractivity contribution in [3.05, 3.63) is 23.8 Å². The minimum Gasteiger partial charge on any atom is -0.493 e. The van der Waals surface area contributed by atoms with Gasteiger partial charge in [0.25, 0.3) is 0 Å². The van der Waals surface area contributed by atoms with Crippen molar-refractivity contribution in [2.75, 3.05) is 19.1 Å². The molecule has 0 aromatic heterocycles. The van der Waals surface area contributed by atoms with E-state index in [2.05, 4.69) is 6.92 Å². The SMILES string of the molecule is CCCc1c(OCCCCl)cccc1OCC(=O)O. The Hall–Kier alpha value is -1.42. The molecular formula is C14H19ClO4. The molecule has 5 heteroatoms. The van der Waals surface area contributed by atoms with Gasteiger partial charge in [-0.25, -0.2) is 4.79 Å². The Balaban J connectivity index is 2.83. The molecule has 1 N–H and O–H groups in total. The summed E-state index contributed by atoms with van der Waals surface area (Å²) in [6.45, 7) is 2.25. The number of ether oxygens (including phenoxy) is 2. The van der Waals surface area contributed by atoms with Crippen LogP contribution in [0.15, 0.2) is 18.2 Å². The fourth-order valence-corrected chi connectivity index (χ4v) is 1.80. The summed E-state index contributed by atoms with van der Waals surface area (Å²) in [6.07, 6.45) is 2.48. The summed E-state index contributed by atoms with van der Waals surface area (Å²) < 4.78 is 11.0. The summed E-state index contributed by atoms with van der Waals surface area (Å²) in [7, 11) is 0. The summed E-state index contributed by atoms with van der Waals surface area (Å²) in [5.74, 6) is 0.886. The third kappa shape index (κ3) is 5.39. The maximum atomic E-state index is 10.6. The molecule has 0 saturated carbocycles. The van der Waals surface area contributed by atoms with Crippen molar-refractivity contribution >= 4 is 17.6 Å². The first kappa shape index (κ1) is 15.6. The second-order valence-corrected chi connectivity index (χ2v) is 4.43. The highest BCUT2D eigenvalue weighted by molar-refractivity contribution is 6.17.